The fourth-order valence-corrected chi connectivity index (χ4v) is 24.6. The van der Waals surface area contributed by atoms with Crippen LogP contribution in [-0.4, -0.2) is 24.9 Å². The van der Waals surface area contributed by atoms with Gasteiger partial charge in [0.2, 0.25) is 0 Å². The van der Waals surface area contributed by atoms with Crippen LogP contribution in [0.4, 0.5) is 0 Å². The van der Waals surface area contributed by atoms with Gasteiger partial charge in [-0.15, -0.1) is 0 Å². The predicted octanol–water partition coefficient (Wildman–Crippen LogP) is 23.4. The van der Waals surface area contributed by atoms with Gasteiger partial charge < -0.3 is 13.7 Å². The van der Waals surface area contributed by atoms with Crippen molar-refractivity contribution in [3.8, 4) is 55.8 Å². The first kappa shape index (κ1) is 73.9. The van der Waals surface area contributed by atoms with Crippen molar-refractivity contribution in [3.63, 3.8) is 0 Å². The van der Waals surface area contributed by atoms with Crippen molar-refractivity contribution >= 4 is 145 Å². The summed E-state index contributed by atoms with van der Waals surface area (Å²) >= 11 is 0. The zero-order valence-corrected chi connectivity index (χ0v) is 66.7. The van der Waals surface area contributed by atoms with Crippen molar-refractivity contribution < 1.29 is 13.7 Å². The maximum absolute atomic E-state index is 15.0. The molecule has 0 unspecified atom stereocenters. The van der Waals surface area contributed by atoms with Gasteiger partial charge in [-0.1, -0.05) is 400 Å². The highest BCUT2D eigenvalue weighted by Gasteiger charge is 2.34. The Bertz CT molecular complexity index is 7220. The summed E-state index contributed by atoms with van der Waals surface area (Å²) in [6, 6.07) is 141. The maximum Gasteiger partial charge on any atom is 0.171 e. The van der Waals surface area contributed by atoms with Gasteiger partial charge in [0.25, 0.3) is 0 Å². The van der Waals surface area contributed by atoms with E-state index in [4.69, 9.17) is 24.9 Å². The van der Waals surface area contributed by atoms with Crippen LogP contribution in [0.5, 0.6) is 0 Å². The molecule has 118 heavy (non-hydrogen) atoms. The van der Waals surface area contributed by atoms with Gasteiger partial charge in [0.1, 0.15) is 0 Å². The smallest absolute Gasteiger partial charge is 0.171 e. The molecule has 0 fully saturated rings. The number of benzene rings is 16. The van der Waals surface area contributed by atoms with E-state index in [9.17, 15) is 9.13 Å². The monoisotopic (exact) mass is 1570 g/mol. The van der Waals surface area contributed by atoms with E-state index >= 15 is 4.57 Å². The minimum absolute atomic E-state index is 0.795. The number of pyridine rings is 5. The molecule has 0 spiro atoms. The molecule has 21 aromatic rings. The number of para-hydroxylation sites is 1. The maximum atomic E-state index is 15.0. The molecule has 0 aliphatic heterocycles. The van der Waals surface area contributed by atoms with Crippen LogP contribution in [0.2, 0.25) is 0 Å². The van der Waals surface area contributed by atoms with E-state index in [1.54, 1.807) is 0 Å². The Balaban J connectivity index is 0.000000119. The Morgan fingerprint density at radius 2 is 0.458 bits per heavy atom. The first-order valence-electron chi connectivity index (χ1n) is 39.3. The normalized spacial score (nSPS) is 11.7. The average molecular weight is 1570 g/mol. The molecule has 11 heteroatoms. The molecule has 5 heterocycles. The minimum atomic E-state index is -3.10. The van der Waals surface area contributed by atoms with Gasteiger partial charge in [-0.2, -0.15) is 0 Å². The zero-order valence-electron chi connectivity index (χ0n) is 64.0. The van der Waals surface area contributed by atoms with E-state index in [2.05, 4.69) is 164 Å². The molecule has 0 N–H and O–H groups in total. The van der Waals surface area contributed by atoms with E-state index < -0.39 is 21.4 Å². The summed E-state index contributed by atoms with van der Waals surface area (Å²) in [5, 5.41) is 17.2. The molecular weight excluding hydrogens is 1500 g/mol. The van der Waals surface area contributed by atoms with Crippen LogP contribution in [0.3, 0.4) is 0 Å². The molecule has 560 valence electrons. The van der Waals surface area contributed by atoms with Crippen molar-refractivity contribution in [2.45, 2.75) is 0 Å². The summed E-state index contributed by atoms with van der Waals surface area (Å²) in [5.74, 6) is 0. The Hall–Kier alpha value is -14.2. The Morgan fingerprint density at radius 3 is 0.847 bits per heavy atom. The van der Waals surface area contributed by atoms with Gasteiger partial charge in [0, 0.05) is 138 Å². The van der Waals surface area contributed by atoms with E-state index in [-0.39, 0.29) is 0 Å². The molecular formula is C107H74N5O3P3. The van der Waals surface area contributed by atoms with E-state index in [0.29, 0.717) is 0 Å². The molecule has 0 amide bonds. The lowest BCUT2D eigenvalue weighted by Crippen LogP contribution is -2.24. The summed E-state index contributed by atoms with van der Waals surface area (Å²) in [6.07, 6.45) is 7.52. The lowest BCUT2D eigenvalue weighted by atomic mass is 9.88. The van der Waals surface area contributed by atoms with Gasteiger partial charge in [-0.3, -0.25) is 19.9 Å². The Morgan fingerprint density at radius 1 is 0.186 bits per heavy atom. The van der Waals surface area contributed by atoms with Crippen LogP contribution in [0.25, 0.3) is 132 Å². The fraction of sp³-hybridized carbons (Fsp3) is 0. The number of hydrogen-bond donors (Lipinski definition) is 0. The number of hydrogen-bond acceptors (Lipinski definition) is 8. The van der Waals surface area contributed by atoms with E-state index in [1.165, 1.54) is 5.39 Å². The molecule has 0 atom stereocenters. The lowest BCUT2D eigenvalue weighted by Gasteiger charge is -2.21. The number of rotatable bonds is 14. The summed E-state index contributed by atoms with van der Waals surface area (Å²) in [4.78, 5) is 24.8. The van der Waals surface area contributed by atoms with E-state index in [0.717, 1.165) is 174 Å². The molecule has 8 nitrogen and oxygen atoms in total. The van der Waals surface area contributed by atoms with Crippen LogP contribution >= 0.6 is 21.4 Å². The first-order valence-corrected chi connectivity index (χ1v) is 44.4. The Labute approximate surface area is 684 Å². The molecule has 0 saturated heterocycles. The second-order valence-electron chi connectivity index (χ2n) is 29.0. The topological polar surface area (TPSA) is 116 Å². The average Bonchev–Trinajstić information content (AvgIpc) is 0.735. The predicted molar refractivity (Wildman–Crippen MR) is 496 cm³/mol. The van der Waals surface area contributed by atoms with Gasteiger partial charge in [-0.05, 0) is 57.3 Å². The van der Waals surface area contributed by atoms with Crippen LogP contribution < -0.4 is 47.7 Å². The zero-order chi connectivity index (χ0) is 79.4. The van der Waals surface area contributed by atoms with Crippen LogP contribution in [0.1, 0.15) is 0 Å². The lowest BCUT2D eigenvalue weighted by molar-refractivity contribution is 0.591. The minimum Gasteiger partial charge on any atom is -0.309 e. The van der Waals surface area contributed by atoms with Crippen LogP contribution in [0, 0.1) is 0 Å². The van der Waals surface area contributed by atoms with Crippen molar-refractivity contribution in [2.24, 2.45) is 0 Å². The second kappa shape index (κ2) is 32.2. The third-order valence-electron chi connectivity index (χ3n) is 22.2. The van der Waals surface area contributed by atoms with Gasteiger partial charge >= 0.3 is 0 Å². The van der Waals surface area contributed by atoms with Crippen molar-refractivity contribution in [1.82, 2.24) is 24.9 Å². The Kier molecular flexibility index (Phi) is 20.2. The molecule has 0 aliphatic rings. The standard InChI is InChI=1S/C40H27N2OP.C36H25N2OP.C31H22NOP/c43-44(31-16-6-2-7-17-31,32-18-8-3-9-19-32)33-24-22-29(23-25-33)37-38-34-20-11-10-15-30(34)27-42-40(38)36(28-13-4-1-5-14-28)35-21-12-26-41-39(35)37;39-40(28-14-6-2-7-15-28,29-16-8-3-9-17-29)30-22-20-27(21-23-30)34-32-19-11-24-37-35(32)33(26-12-4-1-5-13-26)31-18-10-25-38-36(31)34;33-34(24-11-3-1-4-12-24,25-13-5-2-6-14-25)26-21-19-23(20-22-26)31-29-17-8-7-15-27(29)28-16-9-10-18-30(28)32-31/h1-27H;1-25H;1-22H. The van der Waals surface area contributed by atoms with Crippen molar-refractivity contribution in [1.29, 1.82) is 0 Å². The third-order valence-corrected chi connectivity index (χ3v) is 31.5. The van der Waals surface area contributed by atoms with Crippen molar-refractivity contribution in [3.05, 3.63) is 449 Å². The number of fused-ring (bicyclic) bond motifs is 9. The number of nitrogens with zero attached hydrogens (tertiary/aromatic N) is 5. The van der Waals surface area contributed by atoms with Gasteiger partial charge in [0.15, 0.2) is 21.4 Å². The molecule has 0 aliphatic carbocycles. The first-order chi connectivity index (χ1) is 58.2. The third kappa shape index (κ3) is 13.5. The molecule has 21 rings (SSSR count). The van der Waals surface area contributed by atoms with Crippen LogP contribution in [0.15, 0.2) is 449 Å². The van der Waals surface area contributed by atoms with Crippen LogP contribution in [-0.2, 0) is 13.7 Å². The fourth-order valence-electron chi connectivity index (χ4n) is 16.7. The summed E-state index contributed by atoms with van der Waals surface area (Å²) in [6.45, 7) is 0. The molecule has 0 radical (unpaired) electrons. The molecule has 0 bridgehead atoms. The van der Waals surface area contributed by atoms with E-state index in [1.807, 2.05) is 286 Å². The van der Waals surface area contributed by atoms with Gasteiger partial charge in [-0.25, -0.2) is 4.98 Å². The summed E-state index contributed by atoms with van der Waals surface area (Å²) in [7, 11) is -9.15. The highest BCUT2D eigenvalue weighted by molar-refractivity contribution is 7.86. The van der Waals surface area contributed by atoms with Gasteiger partial charge in [0.05, 0.1) is 33.3 Å². The number of aromatic nitrogens is 5. The largest absolute Gasteiger partial charge is 0.309 e. The second-order valence-corrected chi connectivity index (χ2v) is 37.3. The molecule has 16 aromatic carbocycles. The molecule has 5 aromatic heterocycles. The summed E-state index contributed by atoms with van der Waals surface area (Å²) in [5.41, 5.74) is 15.1. The summed E-state index contributed by atoms with van der Waals surface area (Å²) < 4.78 is 44.6. The quantitative estimate of drug-likeness (QED) is 0.0601. The molecule has 0 saturated carbocycles. The SMILES string of the molecule is O=P(c1ccccc1)(c1ccccc1)c1ccc(-c2c3cccnc3c(-c3ccccc3)c3cccnc23)cc1.O=P(c1ccccc1)(c1ccccc1)c1ccc(-c2c3ncccc3c(-c3ccccc3)c3ncc4ccccc4c23)cc1.O=P(c1ccccc1)(c1ccccc1)c1ccc(-c2nc3ccccc3c3ccccc23)cc1. The van der Waals surface area contributed by atoms with Crippen molar-refractivity contribution in [2.75, 3.05) is 0 Å². The highest BCUT2D eigenvalue weighted by Crippen LogP contribution is 2.50. The highest BCUT2D eigenvalue weighted by atomic mass is 31.2.